The standard InChI is InChI=1S/C15H23N3O/c1-16-10-5-9-15(19)18-12-6-11-17(2)13-7-3-4-8-14(13)18/h3-4,7-8,16H,5-6,9-12H2,1-2H3. The van der Waals surface area contributed by atoms with E-state index in [1.54, 1.807) is 0 Å². The van der Waals surface area contributed by atoms with Gasteiger partial charge in [-0.1, -0.05) is 12.1 Å². The van der Waals surface area contributed by atoms with Gasteiger partial charge in [-0.05, 0) is 38.6 Å². The molecule has 1 N–H and O–H groups in total. The Kier molecular flexibility index (Phi) is 4.80. The Morgan fingerprint density at radius 3 is 2.74 bits per heavy atom. The molecule has 0 atom stereocenters. The van der Waals surface area contributed by atoms with Crippen molar-refractivity contribution in [1.82, 2.24) is 5.32 Å². The summed E-state index contributed by atoms with van der Waals surface area (Å²) in [5.74, 6) is 0.234. The molecule has 1 amide bonds. The molecule has 1 heterocycles. The lowest BCUT2D eigenvalue weighted by molar-refractivity contribution is -0.118. The van der Waals surface area contributed by atoms with Crippen molar-refractivity contribution in [1.29, 1.82) is 0 Å². The van der Waals surface area contributed by atoms with Gasteiger partial charge < -0.3 is 15.1 Å². The zero-order valence-electron chi connectivity index (χ0n) is 11.9. The number of para-hydroxylation sites is 2. The number of anilines is 2. The zero-order valence-corrected chi connectivity index (χ0v) is 11.9. The van der Waals surface area contributed by atoms with Crippen molar-refractivity contribution >= 4 is 17.3 Å². The third-order valence-corrected chi connectivity index (χ3v) is 3.58. The van der Waals surface area contributed by atoms with Crippen molar-refractivity contribution in [2.45, 2.75) is 19.3 Å². The first-order chi connectivity index (χ1) is 9.24. The fraction of sp³-hybridized carbons (Fsp3) is 0.533. The van der Waals surface area contributed by atoms with E-state index in [9.17, 15) is 4.79 Å². The van der Waals surface area contributed by atoms with Gasteiger partial charge in [0.1, 0.15) is 0 Å². The fourth-order valence-electron chi connectivity index (χ4n) is 2.53. The van der Waals surface area contributed by atoms with Crippen LogP contribution in [-0.2, 0) is 4.79 Å². The van der Waals surface area contributed by atoms with Crippen molar-refractivity contribution in [2.24, 2.45) is 0 Å². The van der Waals surface area contributed by atoms with E-state index < -0.39 is 0 Å². The Morgan fingerprint density at radius 2 is 2.00 bits per heavy atom. The maximum atomic E-state index is 12.4. The van der Waals surface area contributed by atoms with Gasteiger partial charge in [-0.15, -0.1) is 0 Å². The van der Waals surface area contributed by atoms with Crippen LogP contribution in [-0.4, -0.2) is 39.6 Å². The molecule has 0 saturated carbocycles. The van der Waals surface area contributed by atoms with Crippen LogP contribution < -0.4 is 15.1 Å². The highest BCUT2D eigenvalue weighted by molar-refractivity contribution is 5.97. The maximum absolute atomic E-state index is 12.4. The first-order valence-electron chi connectivity index (χ1n) is 6.99. The number of hydrogen-bond acceptors (Lipinski definition) is 3. The molecular weight excluding hydrogens is 238 g/mol. The van der Waals surface area contributed by atoms with Crippen LogP contribution in [0.3, 0.4) is 0 Å². The van der Waals surface area contributed by atoms with Gasteiger partial charge in [0, 0.05) is 26.6 Å². The summed E-state index contributed by atoms with van der Waals surface area (Å²) in [5.41, 5.74) is 2.21. The number of fused-ring (bicyclic) bond motifs is 1. The van der Waals surface area contributed by atoms with Crippen LogP contribution in [0.25, 0.3) is 0 Å². The van der Waals surface area contributed by atoms with Crippen LogP contribution in [0.2, 0.25) is 0 Å². The Morgan fingerprint density at radius 1 is 1.26 bits per heavy atom. The molecule has 4 heteroatoms. The Hall–Kier alpha value is -1.55. The molecule has 0 radical (unpaired) electrons. The second-order valence-electron chi connectivity index (χ2n) is 5.02. The topological polar surface area (TPSA) is 35.6 Å². The highest BCUT2D eigenvalue weighted by atomic mass is 16.2. The molecular formula is C15H23N3O. The molecule has 0 bridgehead atoms. The lowest BCUT2D eigenvalue weighted by Crippen LogP contribution is -2.31. The summed E-state index contributed by atoms with van der Waals surface area (Å²) in [6.45, 7) is 2.71. The highest BCUT2D eigenvalue weighted by Crippen LogP contribution is 2.31. The van der Waals surface area contributed by atoms with Gasteiger partial charge in [0.15, 0.2) is 0 Å². The fourth-order valence-corrected chi connectivity index (χ4v) is 2.53. The van der Waals surface area contributed by atoms with Crippen molar-refractivity contribution < 1.29 is 4.79 Å². The third-order valence-electron chi connectivity index (χ3n) is 3.58. The predicted molar refractivity (Wildman–Crippen MR) is 79.8 cm³/mol. The largest absolute Gasteiger partial charge is 0.373 e. The normalized spacial score (nSPS) is 15.1. The zero-order chi connectivity index (χ0) is 13.7. The van der Waals surface area contributed by atoms with E-state index >= 15 is 0 Å². The maximum Gasteiger partial charge on any atom is 0.227 e. The average molecular weight is 261 g/mol. The number of amides is 1. The average Bonchev–Trinajstić information content (AvgIpc) is 2.59. The number of benzene rings is 1. The number of nitrogens with one attached hydrogen (secondary N) is 1. The van der Waals surface area contributed by atoms with Crippen LogP contribution in [0.1, 0.15) is 19.3 Å². The molecule has 1 aromatic rings. The summed E-state index contributed by atoms with van der Waals surface area (Å²) in [4.78, 5) is 16.6. The predicted octanol–water partition coefficient (Wildman–Crippen LogP) is 1.86. The minimum atomic E-state index is 0.234. The first-order valence-corrected chi connectivity index (χ1v) is 6.99. The van der Waals surface area contributed by atoms with Crippen molar-refractivity contribution in [3.63, 3.8) is 0 Å². The molecule has 1 aliphatic rings. The summed E-state index contributed by atoms with van der Waals surface area (Å²) in [6.07, 6.45) is 2.52. The van der Waals surface area contributed by atoms with E-state index in [1.807, 2.05) is 30.1 Å². The van der Waals surface area contributed by atoms with E-state index in [-0.39, 0.29) is 5.91 Å². The number of rotatable bonds is 4. The van der Waals surface area contributed by atoms with E-state index in [4.69, 9.17) is 0 Å². The molecule has 0 aliphatic carbocycles. The molecule has 0 fully saturated rings. The molecule has 0 unspecified atom stereocenters. The number of hydrogen-bond donors (Lipinski definition) is 1. The summed E-state index contributed by atoms with van der Waals surface area (Å²) in [5, 5.41) is 3.09. The van der Waals surface area contributed by atoms with Gasteiger partial charge >= 0.3 is 0 Å². The smallest absolute Gasteiger partial charge is 0.227 e. The molecule has 0 saturated heterocycles. The van der Waals surface area contributed by atoms with Crippen LogP contribution >= 0.6 is 0 Å². The van der Waals surface area contributed by atoms with E-state index in [0.717, 1.165) is 43.9 Å². The second kappa shape index (κ2) is 6.57. The summed E-state index contributed by atoms with van der Waals surface area (Å²) in [6, 6.07) is 8.18. The van der Waals surface area contributed by atoms with Gasteiger partial charge in [-0.3, -0.25) is 4.79 Å². The van der Waals surface area contributed by atoms with Crippen LogP contribution in [0.15, 0.2) is 24.3 Å². The summed E-state index contributed by atoms with van der Waals surface area (Å²) >= 11 is 0. The van der Waals surface area contributed by atoms with Crippen molar-refractivity contribution in [2.75, 3.05) is 43.5 Å². The molecule has 0 spiro atoms. The van der Waals surface area contributed by atoms with Crippen LogP contribution in [0.5, 0.6) is 0 Å². The van der Waals surface area contributed by atoms with Gasteiger partial charge in [-0.2, -0.15) is 0 Å². The van der Waals surface area contributed by atoms with E-state index in [0.29, 0.717) is 6.42 Å². The van der Waals surface area contributed by atoms with Crippen LogP contribution in [0, 0.1) is 0 Å². The van der Waals surface area contributed by atoms with Gasteiger partial charge in [0.25, 0.3) is 0 Å². The number of carbonyl (C=O) groups is 1. The van der Waals surface area contributed by atoms with Gasteiger partial charge in [-0.25, -0.2) is 0 Å². The molecule has 4 nitrogen and oxygen atoms in total. The van der Waals surface area contributed by atoms with Gasteiger partial charge in [0.05, 0.1) is 11.4 Å². The van der Waals surface area contributed by atoms with Gasteiger partial charge in [0.2, 0.25) is 5.91 Å². The second-order valence-corrected chi connectivity index (χ2v) is 5.02. The van der Waals surface area contributed by atoms with Crippen molar-refractivity contribution in [3.8, 4) is 0 Å². The summed E-state index contributed by atoms with van der Waals surface area (Å²) in [7, 11) is 4.01. The molecule has 2 rings (SSSR count). The minimum Gasteiger partial charge on any atom is -0.373 e. The highest BCUT2D eigenvalue weighted by Gasteiger charge is 2.22. The van der Waals surface area contributed by atoms with E-state index in [1.165, 1.54) is 0 Å². The van der Waals surface area contributed by atoms with E-state index in [2.05, 4.69) is 23.3 Å². The Labute approximate surface area is 115 Å². The minimum absolute atomic E-state index is 0.234. The molecule has 104 valence electrons. The Balaban J connectivity index is 2.16. The van der Waals surface area contributed by atoms with Crippen molar-refractivity contribution in [3.05, 3.63) is 24.3 Å². The molecule has 0 aromatic heterocycles. The monoisotopic (exact) mass is 261 g/mol. The Bertz CT molecular complexity index is 433. The third kappa shape index (κ3) is 3.26. The molecule has 1 aliphatic heterocycles. The lowest BCUT2D eigenvalue weighted by Gasteiger charge is -2.24. The molecule has 1 aromatic carbocycles. The number of nitrogens with zero attached hydrogens (tertiary/aromatic N) is 2. The van der Waals surface area contributed by atoms with Crippen LogP contribution in [0.4, 0.5) is 11.4 Å². The lowest BCUT2D eigenvalue weighted by atomic mass is 10.2. The molecule has 19 heavy (non-hydrogen) atoms. The quantitative estimate of drug-likeness (QED) is 0.840. The SMILES string of the molecule is CNCCCC(=O)N1CCCN(C)c2ccccc21. The summed E-state index contributed by atoms with van der Waals surface area (Å²) < 4.78 is 0. The first kappa shape index (κ1) is 13.9. The number of carbonyl (C=O) groups excluding carboxylic acids is 1.